The normalized spacial score (nSPS) is 10.9. The number of nitrogens with one attached hydrogen (secondary N) is 1. The molecule has 3 nitrogen and oxygen atoms in total. The Morgan fingerprint density at radius 1 is 1.15 bits per heavy atom. The van der Waals surface area contributed by atoms with Crippen LogP contribution in [0.2, 0.25) is 0 Å². The third kappa shape index (κ3) is 3.48. The van der Waals surface area contributed by atoms with Crippen LogP contribution in [0.5, 0.6) is 0 Å². The summed E-state index contributed by atoms with van der Waals surface area (Å²) in [7, 11) is 0. The van der Waals surface area contributed by atoms with Gasteiger partial charge in [0.15, 0.2) is 0 Å². The number of hydrogen-bond donors (Lipinski definition) is 1. The highest BCUT2D eigenvalue weighted by Crippen LogP contribution is 2.35. The predicted octanol–water partition coefficient (Wildman–Crippen LogP) is 5.87. The molecule has 108 valence electrons. The molecule has 1 N–H and O–H groups in total. The van der Waals surface area contributed by atoms with E-state index in [1.54, 1.807) is 0 Å². The number of aryl methyl sites for hydroxylation is 2. The zero-order valence-electron chi connectivity index (χ0n) is 11.0. The third-order valence-corrected chi connectivity index (χ3v) is 5.63. The SMILES string of the molecule is CCn1nc(C)c(Br)c1CNc1c(Br)cc(Br)cc1Br. The molecule has 0 aliphatic carbocycles. The van der Waals surface area contributed by atoms with Crippen LogP contribution in [-0.4, -0.2) is 9.78 Å². The molecule has 0 spiro atoms. The van der Waals surface area contributed by atoms with E-state index in [4.69, 9.17) is 0 Å². The fraction of sp³-hybridized carbons (Fsp3) is 0.308. The summed E-state index contributed by atoms with van der Waals surface area (Å²) in [6, 6.07) is 4.04. The summed E-state index contributed by atoms with van der Waals surface area (Å²) in [6.45, 7) is 5.65. The minimum atomic E-state index is 0.702. The number of hydrogen-bond acceptors (Lipinski definition) is 2. The van der Waals surface area contributed by atoms with Crippen LogP contribution in [0.3, 0.4) is 0 Å². The fourth-order valence-electron chi connectivity index (χ4n) is 1.92. The molecule has 0 aliphatic rings. The van der Waals surface area contributed by atoms with E-state index in [-0.39, 0.29) is 0 Å². The van der Waals surface area contributed by atoms with Crippen molar-refractivity contribution in [3.8, 4) is 0 Å². The Hall–Kier alpha value is 0.150. The van der Waals surface area contributed by atoms with Crippen LogP contribution in [0.15, 0.2) is 30.0 Å². The third-order valence-electron chi connectivity index (χ3n) is 2.89. The largest absolute Gasteiger partial charge is 0.378 e. The quantitative estimate of drug-likeness (QED) is 0.536. The first-order valence-corrected chi connectivity index (χ1v) is 9.21. The zero-order chi connectivity index (χ0) is 14.9. The van der Waals surface area contributed by atoms with Gasteiger partial charge in [-0.05, 0) is 73.8 Å². The van der Waals surface area contributed by atoms with Gasteiger partial charge in [0.1, 0.15) is 0 Å². The topological polar surface area (TPSA) is 29.9 Å². The maximum atomic E-state index is 4.50. The number of anilines is 1. The lowest BCUT2D eigenvalue weighted by Gasteiger charge is -2.12. The molecule has 7 heteroatoms. The van der Waals surface area contributed by atoms with E-state index < -0.39 is 0 Å². The maximum absolute atomic E-state index is 4.50. The van der Waals surface area contributed by atoms with Gasteiger partial charge in [0.2, 0.25) is 0 Å². The predicted molar refractivity (Wildman–Crippen MR) is 97.2 cm³/mol. The second-order valence-corrected chi connectivity index (χ2v) is 7.68. The molecule has 2 rings (SSSR count). The summed E-state index contributed by atoms with van der Waals surface area (Å²) in [4.78, 5) is 0. The molecule has 0 saturated heterocycles. The van der Waals surface area contributed by atoms with E-state index >= 15 is 0 Å². The number of halogens is 4. The highest BCUT2D eigenvalue weighted by atomic mass is 79.9. The van der Waals surface area contributed by atoms with Gasteiger partial charge in [-0.3, -0.25) is 4.68 Å². The second-order valence-electron chi connectivity index (χ2n) is 4.26. The van der Waals surface area contributed by atoms with Crippen molar-refractivity contribution in [2.45, 2.75) is 26.9 Å². The van der Waals surface area contributed by atoms with E-state index in [1.807, 2.05) is 23.7 Å². The molecule has 0 saturated carbocycles. The lowest BCUT2D eigenvalue weighted by Crippen LogP contribution is -2.09. The summed E-state index contributed by atoms with van der Waals surface area (Å²) >= 11 is 14.2. The van der Waals surface area contributed by atoms with E-state index in [2.05, 4.69) is 81.1 Å². The number of aromatic nitrogens is 2. The van der Waals surface area contributed by atoms with Gasteiger partial charge in [-0.1, -0.05) is 15.9 Å². The van der Waals surface area contributed by atoms with E-state index in [1.165, 1.54) is 0 Å². The van der Waals surface area contributed by atoms with Gasteiger partial charge in [-0.15, -0.1) is 0 Å². The van der Waals surface area contributed by atoms with Crippen molar-refractivity contribution in [3.63, 3.8) is 0 Å². The minimum absolute atomic E-state index is 0.702. The molecule has 0 unspecified atom stereocenters. The Labute approximate surface area is 152 Å². The first-order chi connectivity index (χ1) is 9.43. The molecule has 1 heterocycles. The molecule has 0 amide bonds. The minimum Gasteiger partial charge on any atom is -0.378 e. The van der Waals surface area contributed by atoms with Crippen LogP contribution in [0, 0.1) is 6.92 Å². The monoisotopic (exact) mass is 527 g/mol. The van der Waals surface area contributed by atoms with Crippen LogP contribution in [0.4, 0.5) is 5.69 Å². The van der Waals surface area contributed by atoms with Gasteiger partial charge in [0.05, 0.1) is 28.1 Å². The summed E-state index contributed by atoms with van der Waals surface area (Å²) in [5.74, 6) is 0. The Morgan fingerprint density at radius 3 is 2.30 bits per heavy atom. The molecule has 0 bridgehead atoms. The number of rotatable bonds is 4. The molecular formula is C13H13Br4N3. The summed E-state index contributed by atoms with van der Waals surface area (Å²) in [5, 5.41) is 7.95. The molecule has 1 aromatic carbocycles. The van der Waals surface area contributed by atoms with Gasteiger partial charge >= 0.3 is 0 Å². The lowest BCUT2D eigenvalue weighted by atomic mass is 10.3. The van der Waals surface area contributed by atoms with E-state index in [0.717, 1.165) is 41.5 Å². The van der Waals surface area contributed by atoms with Gasteiger partial charge in [-0.25, -0.2) is 0 Å². The summed E-state index contributed by atoms with van der Waals surface area (Å²) in [5.41, 5.74) is 3.19. The molecule has 0 radical (unpaired) electrons. The van der Waals surface area contributed by atoms with Gasteiger partial charge in [-0.2, -0.15) is 5.10 Å². The molecule has 20 heavy (non-hydrogen) atoms. The van der Waals surface area contributed by atoms with Crippen LogP contribution < -0.4 is 5.32 Å². The number of benzene rings is 1. The smallest absolute Gasteiger partial charge is 0.0739 e. The Bertz CT molecular complexity index is 614. The van der Waals surface area contributed by atoms with Crippen LogP contribution in [-0.2, 0) is 13.1 Å². The standard InChI is InChI=1S/C13H13Br4N3/c1-3-20-11(12(17)7(2)19-20)6-18-13-9(15)4-8(14)5-10(13)16/h4-5,18H,3,6H2,1-2H3. The zero-order valence-corrected chi connectivity index (χ0v) is 17.3. The van der Waals surface area contributed by atoms with Crippen LogP contribution >= 0.6 is 63.7 Å². The molecule has 0 fully saturated rings. The van der Waals surface area contributed by atoms with Crippen molar-refractivity contribution >= 4 is 69.4 Å². The van der Waals surface area contributed by atoms with E-state index in [9.17, 15) is 0 Å². The average molecular weight is 531 g/mol. The molecular weight excluding hydrogens is 518 g/mol. The molecule has 0 atom stereocenters. The summed E-state index contributed by atoms with van der Waals surface area (Å²) in [6.07, 6.45) is 0. The van der Waals surface area contributed by atoms with Gasteiger partial charge in [0.25, 0.3) is 0 Å². The Kier molecular flexibility index (Phi) is 5.73. The fourth-order valence-corrected chi connectivity index (χ4v) is 4.88. The lowest BCUT2D eigenvalue weighted by molar-refractivity contribution is 0.622. The Balaban J connectivity index is 2.26. The molecule has 0 aliphatic heterocycles. The van der Waals surface area contributed by atoms with Crippen molar-refractivity contribution in [3.05, 3.63) is 41.4 Å². The van der Waals surface area contributed by atoms with Gasteiger partial charge in [0, 0.05) is 20.0 Å². The first kappa shape index (κ1) is 16.5. The van der Waals surface area contributed by atoms with E-state index in [0.29, 0.717) is 6.54 Å². The first-order valence-electron chi connectivity index (χ1n) is 6.04. The second kappa shape index (κ2) is 6.94. The van der Waals surface area contributed by atoms with Crippen molar-refractivity contribution in [2.75, 3.05) is 5.32 Å². The average Bonchev–Trinajstić information content (AvgIpc) is 2.64. The molecule has 2 aromatic rings. The van der Waals surface area contributed by atoms with Crippen molar-refractivity contribution < 1.29 is 0 Å². The Morgan fingerprint density at radius 2 is 1.75 bits per heavy atom. The van der Waals surface area contributed by atoms with Crippen LogP contribution in [0.1, 0.15) is 18.3 Å². The summed E-state index contributed by atoms with van der Waals surface area (Å²) < 4.78 is 6.12. The highest BCUT2D eigenvalue weighted by molar-refractivity contribution is 9.11. The van der Waals surface area contributed by atoms with Crippen molar-refractivity contribution in [1.29, 1.82) is 0 Å². The number of nitrogens with zero attached hydrogens (tertiary/aromatic N) is 2. The molecule has 1 aromatic heterocycles. The van der Waals surface area contributed by atoms with Crippen molar-refractivity contribution in [2.24, 2.45) is 0 Å². The maximum Gasteiger partial charge on any atom is 0.0739 e. The van der Waals surface area contributed by atoms with Crippen molar-refractivity contribution in [1.82, 2.24) is 9.78 Å². The van der Waals surface area contributed by atoms with Crippen LogP contribution in [0.25, 0.3) is 0 Å². The van der Waals surface area contributed by atoms with Gasteiger partial charge < -0.3 is 5.32 Å². The highest BCUT2D eigenvalue weighted by Gasteiger charge is 2.13.